The molecule has 0 spiro atoms. The Morgan fingerprint density at radius 1 is 0.915 bits per heavy atom. The molecule has 0 saturated heterocycles. The molecule has 0 bridgehead atoms. The minimum atomic E-state index is 0.344. The Balaban J connectivity index is -0.00000119. The first-order valence-corrected chi connectivity index (χ1v) is 17.3. The van der Waals surface area contributed by atoms with Crippen molar-refractivity contribution < 1.29 is 19.4 Å². The molecule has 2 unspecified atom stereocenters. The van der Waals surface area contributed by atoms with Crippen LogP contribution in [0.25, 0.3) is 11.6 Å². The Morgan fingerprint density at radius 3 is 1.96 bits per heavy atom. The smallest absolute Gasteiger partial charge is 0.137 e. The molecule has 3 rings (SSSR count). The average molecular weight is 653 g/mol. The first kappa shape index (κ1) is 47.9. The van der Waals surface area contributed by atoms with Gasteiger partial charge >= 0.3 is 0 Å². The molecule has 6 heteroatoms. The number of rotatable bonds is 12. The molecule has 0 aliphatic carbocycles. The minimum Gasteiger partial charge on any atom is -0.456 e. The van der Waals surface area contributed by atoms with E-state index in [1.54, 1.807) is 0 Å². The minimum absolute atomic E-state index is 0.344. The molecular weight excluding hydrogens is 584 g/mol. The Hall–Kier alpha value is -3.48. The average Bonchev–Trinajstić information content (AvgIpc) is 3.11. The second-order valence-electron chi connectivity index (χ2n) is 10.9. The van der Waals surface area contributed by atoms with Crippen LogP contribution in [0.4, 0.5) is 5.69 Å². The lowest BCUT2D eigenvalue weighted by atomic mass is 9.79. The number of carbonyl (C=O) groups is 2. The van der Waals surface area contributed by atoms with Crippen molar-refractivity contribution in [3.8, 4) is 11.5 Å². The van der Waals surface area contributed by atoms with Crippen LogP contribution in [-0.4, -0.2) is 45.4 Å². The number of allylic oxidation sites excluding steroid dienone is 3. The number of nitrogens with two attached hydrogens (primary N) is 1. The summed E-state index contributed by atoms with van der Waals surface area (Å²) >= 11 is 0. The normalized spacial score (nSPS) is 12.4. The third-order valence-corrected chi connectivity index (χ3v) is 7.52. The highest BCUT2D eigenvalue weighted by atomic mass is 16.5. The molecule has 0 fully saturated rings. The highest BCUT2D eigenvalue weighted by molar-refractivity contribution is 5.86. The van der Waals surface area contributed by atoms with Crippen molar-refractivity contribution in [1.29, 1.82) is 0 Å². The van der Waals surface area contributed by atoms with Crippen molar-refractivity contribution in [2.75, 3.05) is 31.6 Å². The van der Waals surface area contributed by atoms with Crippen molar-refractivity contribution in [3.63, 3.8) is 0 Å². The van der Waals surface area contributed by atoms with E-state index in [4.69, 9.17) is 19.4 Å². The number of fused-ring (bicyclic) bond motifs is 2. The number of carbonyl (C=O) groups excluding carboxylic acids is 2. The number of benzene rings is 2. The van der Waals surface area contributed by atoms with Gasteiger partial charge in [0.1, 0.15) is 25.1 Å². The topological polar surface area (TPSA) is 92.9 Å². The summed E-state index contributed by atoms with van der Waals surface area (Å²) in [6.07, 6.45) is 13.2. The van der Waals surface area contributed by atoms with Crippen LogP contribution in [0.2, 0.25) is 0 Å². The number of nitrogens with zero attached hydrogens (tertiary/aromatic N) is 1. The lowest BCUT2D eigenvalue weighted by molar-refractivity contribution is -0.0987. The van der Waals surface area contributed by atoms with Gasteiger partial charge in [-0.3, -0.25) is 0 Å². The zero-order valence-electron chi connectivity index (χ0n) is 31.5. The molecule has 266 valence electrons. The van der Waals surface area contributed by atoms with E-state index >= 15 is 0 Å². The van der Waals surface area contributed by atoms with Gasteiger partial charge < -0.3 is 30.1 Å². The summed E-state index contributed by atoms with van der Waals surface area (Å²) in [6.45, 7) is 30.0. The van der Waals surface area contributed by atoms with Gasteiger partial charge in [0.25, 0.3) is 0 Å². The summed E-state index contributed by atoms with van der Waals surface area (Å²) in [7, 11) is 1.50. The fourth-order valence-electron chi connectivity index (χ4n) is 5.00. The number of aliphatic hydroxyl groups is 1. The Kier molecular flexibility index (Phi) is 31.7. The van der Waals surface area contributed by atoms with Crippen LogP contribution in [0, 0.1) is 11.8 Å². The van der Waals surface area contributed by atoms with Crippen LogP contribution in [0.3, 0.4) is 0 Å². The first-order valence-electron chi connectivity index (χ1n) is 17.3. The van der Waals surface area contributed by atoms with Gasteiger partial charge in [0.05, 0.1) is 0 Å². The van der Waals surface area contributed by atoms with E-state index in [1.807, 2.05) is 19.7 Å². The SMILES string of the molecule is C=CCC(C)C(C)/C(=C\C)C1=c2cc/c(=C/CCC)cc2Oc2cc(N(CC)CC)ccc21.C=O.C=O.CCC.CCCCO.CN. The molecule has 1 aliphatic heterocycles. The standard InChI is InChI=1S/C31H41NO.C4H10O.C3H8.CH5N.2CH2O/c1-8-13-15-24-16-18-27-29(20-24)33-30-21-25(32(11-4)12-5)17-19-28(30)31(27)26(10-3)23(7)22(6)14-9-2;1-2-3-4-5;1-3-2;3*1-2/h9-10,15-23H,2,8,11-14H2,1,3-7H3;5H,2-4H2,1H3;3H2,1-2H3;2H2,1H3;2*1H2/b24-15-,26-10+;;;;;. The molecule has 47 heavy (non-hydrogen) atoms. The van der Waals surface area contributed by atoms with Gasteiger partial charge in [-0.15, -0.1) is 6.58 Å². The van der Waals surface area contributed by atoms with E-state index < -0.39 is 0 Å². The second-order valence-corrected chi connectivity index (χ2v) is 10.9. The molecule has 0 saturated carbocycles. The maximum atomic E-state index is 8.07. The summed E-state index contributed by atoms with van der Waals surface area (Å²) in [6, 6.07) is 13.4. The zero-order chi connectivity index (χ0) is 36.8. The quantitative estimate of drug-likeness (QED) is 0.223. The lowest BCUT2D eigenvalue weighted by Crippen LogP contribution is -2.24. The van der Waals surface area contributed by atoms with Crippen LogP contribution >= 0.6 is 0 Å². The van der Waals surface area contributed by atoms with Crippen LogP contribution in [0.15, 0.2) is 60.7 Å². The number of anilines is 1. The molecule has 1 aliphatic rings. The molecule has 2 atom stereocenters. The fourth-order valence-corrected chi connectivity index (χ4v) is 5.00. The summed E-state index contributed by atoms with van der Waals surface area (Å²) in [5.74, 6) is 2.85. The monoisotopic (exact) mass is 653 g/mol. The molecule has 1 heterocycles. The van der Waals surface area contributed by atoms with Crippen LogP contribution in [-0.2, 0) is 9.59 Å². The van der Waals surface area contributed by atoms with E-state index in [1.165, 1.54) is 46.3 Å². The van der Waals surface area contributed by atoms with E-state index in [0.29, 0.717) is 18.4 Å². The Labute approximate surface area is 288 Å². The largest absolute Gasteiger partial charge is 0.456 e. The fraction of sp³-hybridized carbons (Fsp3) is 0.512. The summed E-state index contributed by atoms with van der Waals surface area (Å²) in [4.78, 5) is 18.4. The molecule has 2 aromatic rings. The van der Waals surface area contributed by atoms with Crippen molar-refractivity contribution in [2.45, 2.75) is 101 Å². The van der Waals surface area contributed by atoms with Crippen LogP contribution in [0.1, 0.15) is 106 Å². The molecule has 0 amide bonds. The predicted octanol–water partition coefficient (Wildman–Crippen LogP) is 8.61. The zero-order valence-corrected chi connectivity index (χ0v) is 31.5. The number of hydrogen-bond donors (Lipinski definition) is 2. The van der Waals surface area contributed by atoms with Crippen molar-refractivity contribution in [1.82, 2.24) is 0 Å². The van der Waals surface area contributed by atoms with Crippen molar-refractivity contribution in [2.24, 2.45) is 17.6 Å². The van der Waals surface area contributed by atoms with Gasteiger partial charge in [0, 0.05) is 42.2 Å². The van der Waals surface area contributed by atoms with Gasteiger partial charge in [-0.05, 0) is 93.5 Å². The van der Waals surface area contributed by atoms with Crippen molar-refractivity contribution in [3.05, 3.63) is 76.7 Å². The van der Waals surface area contributed by atoms with Crippen molar-refractivity contribution >= 4 is 30.9 Å². The van der Waals surface area contributed by atoms with Crippen LogP contribution in [0.5, 0.6) is 11.5 Å². The number of aliphatic hydroxyl groups excluding tert-OH is 1. The summed E-state index contributed by atoms with van der Waals surface area (Å²) in [5, 5.41) is 10.5. The first-order chi connectivity index (χ1) is 22.8. The molecule has 6 nitrogen and oxygen atoms in total. The second kappa shape index (κ2) is 31.1. The predicted molar refractivity (Wildman–Crippen MR) is 207 cm³/mol. The number of ether oxygens (including phenoxy) is 1. The van der Waals surface area contributed by atoms with E-state index in [-0.39, 0.29) is 0 Å². The molecule has 3 N–H and O–H groups in total. The third-order valence-electron chi connectivity index (χ3n) is 7.52. The van der Waals surface area contributed by atoms with Gasteiger partial charge in [-0.1, -0.05) is 91.2 Å². The van der Waals surface area contributed by atoms with E-state index in [0.717, 1.165) is 56.7 Å². The number of unbranched alkanes of at least 4 members (excludes halogenated alkanes) is 2. The molecule has 2 aromatic carbocycles. The maximum absolute atomic E-state index is 8.07. The lowest BCUT2D eigenvalue weighted by Gasteiger charge is -2.29. The Bertz CT molecular complexity index is 1230. The Morgan fingerprint density at radius 2 is 1.51 bits per heavy atom. The summed E-state index contributed by atoms with van der Waals surface area (Å²) in [5.41, 5.74) is 9.60. The maximum Gasteiger partial charge on any atom is 0.137 e. The van der Waals surface area contributed by atoms with Gasteiger partial charge in [0.15, 0.2) is 0 Å². The van der Waals surface area contributed by atoms with Gasteiger partial charge in [0.2, 0.25) is 0 Å². The number of hydrogen-bond acceptors (Lipinski definition) is 6. The van der Waals surface area contributed by atoms with Gasteiger partial charge in [-0.2, -0.15) is 0 Å². The highest BCUT2D eigenvalue weighted by Crippen LogP contribution is 2.41. The van der Waals surface area contributed by atoms with Gasteiger partial charge in [-0.25, -0.2) is 0 Å². The molecular formula is C41H68N2O4. The summed E-state index contributed by atoms with van der Waals surface area (Å²) < 4.78 is 6.58. The highest BCUT2D eigenvalue weighted by Gasteiger charge is 2.26. The third kappa shape index (κ3) is 16.3. The molecule has 0 radical (unpaired) electrons. The van der Waals surface area contributed by atoms with E-state index in [2.05, 4.69) is 128 Å². The molecule has 0 aromatic heterocycles. The van der Waals surface area contributed by atoms with Crippen LogP contribution < -0.4 is 25.8 Å². The van der Waals surface area contributed by atoms with E-state index in [9.17, 15) is 0 Å².